The van der Waals surface area contributed by atoms with E-state index in [4.69, 9.17) is 0 Å². The van der Waals surface area contributed by atoms with E-state index in [2.05, 4.69) is 21.2 Å². The van der Waals surface area contributed by atoms with E-state index in [1.54, 1.807) is 54.6 Å². The number of aromatic hydroxyl groups is 1. The SMILES string of the molecule is O=C(N[C@@H](Cc1ccc(O)cc1)C(=O)N1CC[C@@H]2[C@H]1C(=O)CN2S(=O)(=O)c1ccccc1)c1cccc(Br)c1. The van der Waals surface area contributed by atoms with Gasteiger partial charge in [0.1, 0.15) is 17.8 Å². The highest BCUT2D eigenvalue weighted by atomic mass is 79.9. The number of benzene rings is 3. The average molecular weight is 613 g/mol. The van der Waals surface area contributed by atoms with E-state index >= 15 is 0 Å². The summed E-state index contributed by atoms with van der Waals surface area (Å²) in [5.41, 5.74) is 1.05. The highest BCUT2D eigenvalue weighted by molar-refractivity contribution is 9.10. The second-order valence-electron chi connectivity index (χ2n) is 9.57. The van der Waals surface area contributed by atoms with Crippen molar-refractivity contribution >= 4 is 43.6 Å². The predicted octanol–water partition coefficient (Wildman–Crippen LogP) is 2.74. The van der Waals surface area contributed by atoms with Gasteiger partial charge in [-0.3, -0.25) is 14.4 Å². The number of carbonyl (C=O) groups is 3. The van der Waals surface area contributed by atoms with Gasteiger partial charge in [0, 0.05) is 23.0 Å². The molecule has 3 aromatic carbocycles. The van der Waals surface area contributed by atoms with E-state index in [0.29, 0.717) is 22.0 Å². The number of hydrogen-bond donors (Lipinski definition) is 2. The number of fused-ring (bicyclic) bond motifs is 1. The van der Waals surface area contributed by atoms with Crippen molar-refractivity contribution in [3.05, 3.63) is 94.5 Å². The Kier molecular flexibility index (Phi) is 7.57. The van der Waals surface area contributed by atoms with Crippen LogP contribution in [0.15, 0.2) is 88.2 Å². The molecular weight excluding hydrogens is 586 g/mol. The number of carbonyl (C=O) groups excluding carboxylic acids is 3. The lowest BCUT2D eigenvalue weighted by Crippen LogP contribution is -2.53. The Balaban J connectivity index is 1.41. The molecule has 2 heterocycles. The van der Waals surface area contributed by atoms with Crippen LogP contribution < -0.4 is 5.32 Å². The van der Waals surface area contributed by atoms with Gasteiger partial charge in [0.05, 0.1) is 17.5 Å². The summed E-state index contributed by atoms with van der Waals surface area (Å²) in [6.45, 7) is -0.136. The third-order valence-corrected chi connectivity index (χ3v) is 9.46. The minimum Gasteiger partial charge on any atom is -0.508 e. The smallest absolute Gasteiger partial charge is 0.251 e. The number of Topliss-reactive ketones (excluding diaryl/α,β-unsaturated/α-hetero) is 1. The van der Waals surface area contributed by atoms with Gasteiger partial charge < -0.3 is 15.3 Å². The summed E-state index contributed by atoms with van der Waals surface area (Å²) in [5.74, 6) is -1.22. The number of amides is 2. The van der Waals surface area contributed by atoms with Gasteiger partial charge in [-0.2, -0.15) is 4.31 Å². The van der Waals surface area contributed by atoms with Crippen LogP contribution in [-0.2, 0) is 26.0 Å². The number of sulfonamides is 1. The Hall–Kier alpha value is -3.54. The van der Waals surface area contributed by atoms with E-state index in [1.807, 2.05) is 0 Å². The highest BCUT2D eigenvalue weighted by Crippen LogP contribution is 2.34. The summed E-state index contributed by atoms with van der Waals surface area (Å²) >= 11 is 3.35. The minimum atomic E-state index is -3.93. The van der Waals surface area contributed by atoms with Gasteiger partial charge in [0.15, 0.2) is 5.78 Å². The maximum Gasteiger partial charge on any atom is 0.251 e. The lowest BCUT2D eigenvalue weighted by Gasteiger charge is -2.28. The van der Waals surface area contributed by atoms with Gasteiger partial charge in [-0.05, 0) is 54.4 Å². The number of rotatable bonds is 7. The molecule has 39 heavy (non-hydrogen) atoms. The molecular formula is C28H26BrN3O6S. The van der Waals surface area contributed by atoms with E-state index in [1.165, 1.54) is 33.5 Å². The Morgan fingerprint density at radius 1 is 1.03 bits per heavy atom. The summed E-state index contributed by atoms with van der Waals surface area (Å²) in [5, 5.41) is 12.5. The lowest BCUT2D eigenvalue weighted by molar-refractivity contribution is -0.138. The van der Waals surface area contributed by atoms with E-state index < -0.39 is 40.0 Å². The van der Waals surface area contributed by atoms with Crippen LogP contribution in [0.3, 0.4) is 0 Å². The van der Waals surface area contributed by atoms with E-state index in [9.17, 15) is 27.9 Å². The molecule has 9 nitrogen and oxygen atoms in total. The molecule has 2 aliphatic heterocycles. The van der Waals surface area contributed by atoms with Crippen LogP contribution in [0.4, 0.5) is 0 Å². The maximum atomic E-state index is 13.9. The molecule has 2 amide bonds. The molecule has 2 fully saturated rings. The van der Waals surface area contributed by atoms with Gasteiger partial charge >= 0.3 is 0 Å². The molecule has 2 aliphatic rings. The highest BCUT2D eigenvalue weighted by Gasteiger charge is 2.54. The number of nitrogens with one attached hydrogen (secondary N) is 1. The molecule has 0 spiro atoms. The number of ketones is 1. The second-order valence-corrected chi connectivity index (χ2v) is 12.4. The van der Waals surface area contributed by atoms with Crippen LogP contribution >= 0.6 is 15.9 Å². The molecule has 3 aromatic rings. The molecule has 0 radical (unpaired) electrons. The quantitative estimate of drug-likeness (QED) is 0.423. The van der Waals surface area contributed by atoms with Gasteiger partial charge in [-0.25, -0.2) is 8.42 Å². The molecule has 0 aliphatic carbocycles. The van der Waals surface area contributed by atoms with Crippen LogP contribution in [0.2, 0.25) is 0 Å². The van der Waals surface area contributed by atoms with Crippen molar-refractivity contribution in [2.45, 2.75) is 35.9 Å². The van der Waals surface area contributed by atoms with E-state index in [-0.39, 0.29) is 35.9 Å². The fourth-order valence-electron chi connectivity index (χ4n) is 5.21. The van der Waals surface area contributed by atoms with Crippen LogP contribution in [0.5, 0.6) is 5.75 Å². The Labute approximate surface area is 234 Å². The van der Waals surface area contributed by atoms with Crippen molar-refractivity contribution in [3.63, 3.8) is 0 Å². The topological polar surface area (TPSA) is 124 Å². The van der Waals surface area contributed by atoms with Crippen LogP contribution in [0.1, 0.15) is 22.3 Å². The fraction of sp³-hybridized carbons (Fsp3) is 0.250. The second kappa shape index (κ2) is 10.9. The molecule has 2 N–H and O–H groups in total. The molecule has 0 unspecified atom stereocenters. The van der Waals surface area contributed by atoms with Crippen molar-refractivity contribution in [2.24, 2.45) is 0 Å². The Morgan fingerprint density at radius 2 is 1.74 bits per heavy atom. The molecule has 0 bridgehead atoms. The summed E-state index contributed by atoms with van der Waals surface area (Å²) in [7, 11) is -3.93. The third-order valence-electron chi connectivity index (χ3n) is 7.08. The summed E-state index contributed by atoms with van der Waals surface area (Å²) in [6, 6.07) is 18.3. The zero-order valence-electron chi connectivity index (χ0n) is 20.7. The number of likely N-dealkylation sites (tertiary alicyclic amines) is 1. The molecule has 2 saturated heterocycles. The standard InChI is InChI=1S/C28H26BrN3O6S/c29-20-6-4-5-19(16-20)27(35)30-23(15-18-9-11-21(33)12-10-18)28(36)31-14-13-24-26(31)25(34)17-32(24)39(37,38)22-7-2-1-3-8-22/h1-12,16,23-24,26,33H,13-15,17H2,(H,30,35)/t23-,24+,26-/m0/s1. The zero-order valence-corrected chi connectivity index (χ0v) is 23.1. The predicted molar refractivity (Wildman–Crippen MR) is 146 cm³/mol. The summed E-state index contributed by atoms with van der Waals surface area (Å²) in [4.78, 5) is 41.6. The molecule has 0 saturated carbocycles. The van der Waals surface area contributed by atoms with Crippen LogP contribution in [-0.4, -0.2) is 71.5 Å². The molecule has 202 valence electrons. The van der Waals surface area contributed by atoms with Crippen molar-refractivity contribution in [3.8, 4) is 5.75 Å². The number of halogens is 1. The van der Waals surface area contributed by atoms with E-state index in [0.717, 1.165) is 0 Å². The number of phenols is 1. The first kappa shape index (κ1) is 27.0. The minimum absolute atomic E-state index is 0.0680. The van der Waals surface area contributed by atoms with Crippen molar-refractivity contribution in [2.75, 3.05) is 13.1 Å². The van der Waals surface area contributed by atoms with Crippen LogP contribution in [0, 0.1) is 0 Å². The fourth-order valence-corrected chi connectivity index (χ4v) is 7.25. The van der Waals surface area contributed by atoms with Crippen molar-refractivity contribution in [1.29, 1.82) is 0 Å². The summed E-state index contributed by atoms with van der Waals surface area (Å²) < 4.78 is 28.5. The molecule has 11 heteroatoms. The number of hydrogen-bond acceptors (Lipinski definition) is 6. The first-order valence-corrected chi connectivity index (χ1v) is 14.6. The first-order valence-electron chi connectivity index (χ1n) is 12.4. The van der Waals surface area contributed by atoms with Crippen molar-refractivity contribution in [1.82, 2.24) is 14.5 Å². The Morgan fingerprint density at radius 3 is 2.44 bits per heavy atom. The number of phenolic OH excluding ortho intramolecular Hbond substituents is 1. The number of nitrogens with zero attached hydrogens (tertiary/aromatic N) is 2. The molecule has 3 atom stereocenters. The lowest BCUT2D eigenvalue weighted by atomic mass is 10.0. The first-order chi connectivity index (χ1) is 18.6. The summed E-state index contributed by atoms with van der Waals surface area (Å²) in [6.07, 6.45) is 0.423. The van der Waals surface area contributed by atoms with Crippen LogP contribution in [0.25, 0.3) is 0 Å². The van der Waals surface area contributed by atoms with Gasteiger partial charge in [0.2, 0.25) is 15.9 Å². The monoisotopic (exact) mass is 611 g/mol. The zero-order chi connectivity index (χ0) is 27.7. The van der Waals surface area contributed by atoms with Gasteiger partial charge in [-0.15, -0.1) is 0 Å². The van der Waals surface area contributed by atoms with Crippen molar-refractivity contribution < 1.29 is 27.9 Å². The molecule has 0 aromatic heterocycles. The normalized spacial score (nSPS) is 20.0. The van der Waals surface area contributed by atoms with Gasteiger partial charge in [-0.1, -0.05) is 52.3 Å². The third kappa shape index (κ3) is 5.47. The average Bonchev–Trinajstić information content (AvgIpc) is 3.51. The molecule has 5 rings (SSSR count). The Bertz CT molecular complexity index is 1510. The largest absolute Gasteiger partial charge is 0.508 e. The maximum absolute atomic E-state index is 13.9. The van der Waals surface area contributed by atoms with Gasteiger partial charge in [0.25, 0.3) is 5.91 Å².